The van der Waals surface area contributed by atoms with Crippen molar-refractivity contribution in [3.8, 4) is 0 Å². The van der Waals surface area contributed by atoms with Crippen LogP contribution in [0.1, 0.15) is 17.5 Å². The van der Waals surface area contributed by atoms with Crippen molar-refractivity contribution in [3.63, 3.8) is 0 Å². The van der Waals surface area contributed by atoms with E-state index in [9.17, 15) is 9.59 Å². The minimum absolute atomic E-state index is 0.110. The van der Waals surface area contributed by atoms with Crippen LogP contribution >= 0.6 is 0 Å². The fourth-order valence-electron chi connectivity index (χ4n) is 2.86. The minimum atomic E-state index is -0.676. The van der Waals surface area contributed by atoms with E-state index in [2.05, 4.69) is 10.3 Å². The number of aromatic amines is 1. The number of carbonyl (C=O) groups excluding carboxylic acids is 2. The monoisotopic (exact) mass is 365 g/mol. The second-order valence-corrected chi connectivity index (χ2v) is 6.36. The third-order valence-corrected chi connectivity index (χ3v) is 4.32. The summed E-state index contributed by atoms with van der Waals surface area (Å²) in [5.41, 5.74) is 8.95. The fraction of sp³-hybridized carbons (Fsp3) is 0.238. The Hall–Kier alpha value is -3.12. The van der Waals surface area contributed by atoms with Crippen molar-refractivity contribution in [2.24, 2.45) is 5.73 Å². The number of nitrogens with two attached hydrogens (primary N) is 1. The number of amides is 1. The SMILES string of the molecule is NC(Cc1c[nH]c2ccccc12)C(=O)NCCC(=O)OCc1ccccc1. The van der Waals surface area contributed by atoms with Crippen LogP contribution in [0.3, 0.4) is 0 Å². The first kappa shape index (κ1) is 18.7. The number of H-pyrrole nitrogens is 1. The lowest BCUT2D eigenvalue weighted by atomic mass is 10.1. The number of nitrogens with one attached hydrogen (secondary N) is 2. The maximum Gasteiger partial charge on any atom is 0.307 e. The molecule has 0 fully saturated rings. The summed E-state index contributed by atoms with van der Waals surface area (Å²) in [6, 6.07) is 16.7. The van der Waals surface area contributed by atoms with Gasteiger partial charge in [-0.05, 0) is 23.6 Å². The number of para-hydroxylation sites is 1. The highest BCUT2D eigenvalue weighted by Gasteiger charge is 2.16. The Bertz CT molecular complexity index is 905. The van der Waals surface area contributed by atoms with Crippen molar-refractivity contribution in [1.29, 1.82) is 0 Å². The first-order valence-electron chi connectivity index (χ1n) is 8.91. The molecule has 0 aliphatic heterocycles. The maximum atomic E-state index is 12.2. The molecule has 140 valence electrons. The fourth-order valence-corrected chi connectivity index (χ4v) is 2.86. The summed E-state index contributed by atoms with van der Waals surface area (Å²) in [5, 5.41) is 3.76. The largest absolute Gasteiger partial charge is 0.461 e. The highest BCUT2D eigenvalue weighted by molar-refractivity contribution is 5.86. The van der Waals surface area contributed by atoms with Crippen LogP contribution in [0.2, 0.25) is 0 Å². The van der Waals surface area contributed by atoms with Crippen molar-refractivity contribution < 1.29 is 14.3 Å². The van der Waals surface area contributed by atoms with E-state index >= 15 is 0 Å². The first-order valence-corrected chi connectivity index (χ1v) is 8.91. The van der Waals surface area contributed by atoms with Crippen LogP contribution in [0, 0.1) is 0 Å². The van der Waals surface area contributed by atoms with Gasteiger partial charge in [-0.3, -0.25) is 9.59 Å². The first-order chi connectivity index (χ1) is 13.1. The van der Waals surface area contributed by atoms with Gasteiger partial charge in [-0.15, -0.1) is 0 Å². The summed E-state index contributed by atoms with van der Waals surface area (Å²) < 4.78 is 5.18. The highest BCUT2D eigenvalue weighted by atomic mass is 16.5. The summed E-state index contributed by atoms with van der Waals surface area (Å²) in [7, 11) is 0. The second kappa shape index (κ2) is 9.00. The number of carbonyl (C=O) groups is 2. The van der Waals surface area contributed by atoms with E-state index in [1.165, 1.54) is 0 Å². The van der Waals surface area contributed by atoms with Crippen LogP contribution in [0.4, 0.5) is 0 Å². The van der Waals surface area contributed by atoms with Crippen molar-refractivity contribution in [3.05, 3.63) is 71.9 Å². The quantitative estimate of drug-likeness (QED) is 0.534. The Morgan fingerprint density at radius 2 is 1.81 bits per heavy atom. The molecule has 0 saturated carbocycles. The number of hydrogen-bond acceptors (Lipinski definition) is 4. The van der Waals surface area contributed by atoms with Gasteiger partial charge in [0.1, 0.15) is 6.61 Å². The molecule has 6 heteroatoms. The van der Waals surface area contributed by atoms with Crippen LogP contribution in [0.5, 0.6) is 0 Å². The smallest absolute Gasteiger partial charge is 0.307 e. The van der Waals surface area contributed by atoms with Gasteiger partial charge in [0.25, 0.3) is 0 Å². The zero-order valence-electron chi connectivity index (χ0n) is 15.0. The Balaban J connectivity index is 1.40. The van der Waals surface area contributed by atoms with Gasteiger partial charge < -0.3 is 20.8 Å². The zero-order chi connectivity index (χ0) is 19.1. The molecule has 3 rings (SSSR count). The van der Waals surface area contributed by atoms with Gasteiger partial charge in [-0.2, -0.15) is 0 Å². The van der Waals surface area contributed by atoms with Gasteiger partial charge in [0.2, 0.25) is 5.91 Å². The molecular weight excluding hydrogens is 342 g/mol. The number of ether oxygens (including phenoxy) is 1. The molecule has 1 amide bonds. The van der Waals surface area contributed by atoms with Crippen LogP contribution in [-0.2, 0) is 27.4 Å². The Labute approximate surface area is 157 Å². The van der Waals surface area contributed by atoms with E-state index in [-0.39, 0.29) is 31.4 Å². The van der Waals surface area contributed by atoms with Crippen LogP contribution < -0.4 is 11.1 Å². The summed E-state index contributed by atoms with van der Waals surface area (Å²) >= 11 is 0. The molecule has 0 aliphatic rings. The van der Waals surface area contributed by atoms with E-state index in [1.54, 1.807) is 0 Å². The average molecular weight is 365 g/mol. The molecular formula is C21H23N3O3. The van der Waals surface area contributed by atoms with Gasteiger partial charge in [-0.25, -0.2) is 0 Å². The average Bonchev–Trinajstić information content (AvgIpc) is 3.10. The number of benzene rings is 2. The molecule has 0 spiro atoms. The van der Waals surface area contributed by atoms with E-state index < -0.39 is 6.04 Å². The number of esters is 1. The van der Waals surface area contributed by atoms with E-state index in [4.69, 9.17) is 10.5 Å². The Kier molecular flexibility index (Phi) is 6.22. The zero-order valence-corrected chi connectivity index (χ0v) is 15.0. The standard InChI is InChI=1S/C21H23N3O3/c22-18(12-16-13-24-19-9-5-4-8-17(16)19)21(26)23-11-10-20(25)27-14-15-6-2-1-3-7-15/h1-9,13,18,24H,10-12,14,22H2,(H,23,26). The van der Waals surface area contributed by atoms with Gasteiger partial charge in [0.05, 0.1) is 12.5 Å². The normalized spacial score (nSPS) is 11.9. The van der Waals surface area contributed by atoms with Crippen molar-refractivity contribution in [2.45, 2.75) is 25.5 Å². The molecule has 2 aromatic carbocycles. The summed E-state index contributed by atoms with van der Waals surface area (Å²) in [4.78, 5) is 27.1. The molecule has 1 aromatic heterocycles. The molecule has 27 heavy (non-hydrogen) atoms. The van der Waals surface area contributed by atoms with Crippen molar-refractivity contribution >= 4 is 22.8 Å². The van der Waals surface area contributed by atoms with Gasteiger partial charge in [-0.1, -0.05) is 48.5 Å². The molecule has 0 radical (unpaired) electrons. The third-order valence-electron chi connectivity index (χ3n) is 4.32. The summed E-state index contributed by atoms with van der Waals surface area (Å²) in [6.07, 6.45) is 2.41. The second-order valence-electron chi connectivity index (χ2n) is 6.36. The molecule has 0 saturated heterocycles. The van der Waals surface area contributed by atoms with Crippen LogP contribution in [-0.4, -0.2) is 29.4 Å². The maximum absolute atomic E-state index is 12.2. The Morgan fingerprint density at radius 1 is 1.07 bits per heavy atom. The van der Waals surface area contributed by atoms with Gasteiger partial charge in [0, 0.05) is 23.6 Å². The van der Waals surface area contributed by atoms with Gasteiger partial charge >= 0.3 is 5.97 Å². The molecule has 4 N–H and O–H groups in total. The van der Waals surface area contributed by atoms with E-state index in [0.29, 0.717) is 6.42 Å². The van der Waals surface area contributed by atoms with Crippen molar-refractivity contribution in [2.75, 3.05) is 6.54 Å². The minimum Gasteiger partial charge on any atom is -0.461 e. The molecule has 0 aliphatic carbocycles. The Morgan fingerprint density at radius 3 is 2.63 bits per heavy atom. The van der Waals surface area contributed by atoms with Crippen molar-refractivity contribution in [1.82, 2.24) is 10.3 Å². The third kappa shape index (κ3) is 5.18. The molecule has 1 atom stereocenters. The lowest BCUT2D eigenvalue weighted by Gasteiger charge is -2.12. The van der Waals surface area contributed by atoms with Crippen LogP contribution in [0.15, 0.2) is 60.8 Å². The number of hydrogen-bond donors (Lipinski definition) is 3. The lowest BCUT2D eigenvalue weighted by molar-refractivity contribution is -0.144. The molecule has 6 nitrogen and oxygen atoms in total. The molecule has 3 aromatic rings. The predicted molar refractivity (Wildman–Crippen MR) is 104 cm³/mol. The highest BCUT2D eigenvalue weighted by Crippen LogP contribution is 2.18. The lowest BCUT2D eigenvalue weighted by Crippen LogP contribution is -2.42. The molecule has 1 heterocycles. The predicted octanol–water partition coefficient (Wildman–Crippen LogP) is 2.29. The number of aromatic nitrogens is 1. The number of fused-ring (bicyclic) bond motifs is 1. The van der Waals surface area contributed by atoms with E-state index in [0.717, 1.165) is 22.0 Å². The molecule has 1 unspecified atom stereocenters. The van der Waals surface area contributed by atoms with Crippen LogP contribution in [0.25, 0.3) is 10.9 Å². The van der Waals surface area contributed by atoms with Gasteiger partial charge in [0.15, 0.2) is 0 Å². The van der Waals surface area contributed by atoms with E-state index in [1.807, 2.05) is 60.8 Å². The summed E-state index contributed by atoms with van der Waals surface area (Å²) in [5.74, 6) is -0.638. The molecule has 0 bridgehead atoms. The topological polar surface area (TPSA) is 97.2 Å². The number of rotatable bonds is 8. The summed E-state index contributed by atoms with van der Waals surface area (Å²) in [6.45, 7) is 0.432.